The normalized spacial score (nSPS) is 10.4. The van der Waals surface area contributed by atoms with Gasteiger partial charge in [0.05, 0.1) is 26.8 Å². The van der Waals surface area contributed by atoms with Crippen LogP contribution in [0.15, 0.2) is 24.3 Å². The Labute approximate surface area is 117 Å². The molecule has 3 heteroatoms. The van der Waals surface area contributed by atoms with Crippen molar-refractivity contribution in [2.45, 2.75) is 39.0 Å². The monoisotopic (exact) mass is 266 g/mol. The van der Waals surface area contributed by atoms with Crippen molar-refractivity contribution in [1.82, 2.24) is 0 Å². The first-order valence-corrected chi connectivity index (χ1v) is 7.45. The van der Waals surface area contributed by atoms with Crippen LogP contribution < -0.4 is 14.8 Å². The second-order valence-corrected chi connectivity index (χ2v) is 4.81. The molecule has 0 saturated heterocycles. The molecule has 0 aromatic heterocycles. The minimum absolute atomic E-state index is 0.794. The maximum Gasteiger partial charge on any atom is 0.122 e. The number of methoxy groups -OCH3 is 1. The first-order chi connectivity index (χ1) is 9.36. The molecule has 0 heterocycles. The zero-order chi connectivity index (χ0) is 13.8. The molecule has 0 aliphatic carbocycles. The molecule has 0 unspecified atom stereocenters. The maximum atomic E-state index is 5.70. The minimum Gasteiger partial charge on any atom is -0.497 e. The topological polar surface area (TPSA) is 35.1 Å². The molecule has 1 rings (SSSR count). The Bertz CT molecular complexity index is 328. The lowest BCUT2D eigenvalue weighted by Crippen LogP contribution is -2.84. The van der Waals surface area contributed by atoms with Gasteiger partial charge in [0.15, 0.2) is 0 Å². The number of hydrogen-bond acceptors (Lipinski definition) is 2. The van der Waals surface area contributed by atoms with Gasteiger partial charge in [-0.3, -0.25) is 0 Å². The van der Waals surface area contributed by atoms with Crippen molar-refractivity contribution in [3.05, 3.63) is 24.3 Å². The van der Waals surface area contributed by atoms with Crippen LogP contribution in [-0.4, -0.2) is 26.8 Å². The van der Waals surface area contributed by atoms with E-state index in [1.807, 2.05) is 24.3 Å². The molecule has 0 atom stereocenters. The Hall–Kier alpha value is -1.22. The van der Waals surface area contributed by atoms with Crippen molar-refractivity contribution in [3.63, 3.8) is 0 Å². The van der Waals surface area contributed by atoms with E-state index >= 15 is 0 Å². The highest BCUT2D eigenvalue weighted by Gasteiger charge is 1.97. The molecule has 0 spiro atoms. The summed E-state index contributed by atoms with van der Waals surface area (Å²) >= 11 is 0. The van der Waals surface area contributed by atoms with Gasteiger partial charge < -0.3 is 14.8 Å². The van der Waals surface area contributed by atoms with Crippen molar-refractivity contribution in [2.75, 3.05) is 26.8 Å². The number of benzene rings is 1. The first kappa shape index (κ1) is 15.8. The van der Waals surface area contributed by atoms with Crippen LogP contribution >= 0.6 is 0 Å². The largest absolute Gasteiger partial charge is 0.497 e. The lowest BCUT2D eigenvalue weighted by Gasteiger charge is -2.07. The summed E-state index contributed by atoms with van der Waals surface area (Å²) in [4.78, 5) is 0. The molecular weight excluding hydrogens is 238 g/mol. The van der Waals surface area contributed by atoms with Crippen LogP contribution in [0.1, 0.15) is 39.0 Å². The molecule has 0 bridgehead atoms. The van der Waals surface area contributed by atoms with E-state index in [1.165, 1.54) is 38.8 Å². The van der Waals surface area contributed by atoms with Crippen molar-refractivity contribution in [2.24, 2.45) is 0 Å². The number of hydrogen-bond donors (Lipinski definition) is 1. The van der Waals surface area contributed by atoms with Gasteiger partial charge in [-0.1, -0.05) is 19.4 Å². The van der Waals surface area contributed by atoms with Gasteiger partial charge in [-0.05, 0) is 37.8 Å². The molecule has 2 N–H and O–H groups in total. The minimum atomic E-state index is 0.794. The third-order valence-electron chi connectivity index (χ3n) is 3.12. The van der Waals surface area contributed by atoms with E-state index in [0.29, 0.717) is 0 Å². The summed E-state index contributed by atoms with van der Waals surface area (Å²) in [6.45, 7) is 5.56. The summed E-state index contributed by atoms with van der Waals surface area (Å²) in [7, 11) is 1.67. The van der Waals surface area contributed by atoms with E-state index in [2.05, 4.69) is 12.2 Å². The highest BCUT2D eigenvalue weighted by Crippen LogP contribution is 2.18. The SMILES string of the molecule is CCCC[NH2+]CCCCCOc1cccc(OC)c1. The molecule has 0 aliphatic heterocycles. The Morgan fingerprint density at radius 1 is 1.00 bits per heavy atom. The van der Waals surface area contributed by atoms with E-state index in [4.69, 9.17) is 9.47 Å². The number of ether oxygens (including phenoxy) is 2. The fourth-order valence-electron chi connectivity index (χ4n) is 1.94. The van der Waals surface area contributed by atoms with Crippen LogP contribution in [0, 0.1) is 0 Å². The zero-order valence-electron chi connectivity index (χ0n) is 12.4. The Morgan fingerprint density at radius 2 is 1.79 bits per heavy atom. The van der Waals surface area contributed by atoms with Crippen LogP contribution in [0.4, 0.5) is 0 Å². The van der Waals surface area contributed by atoms with E-state index in [9.17, 15) is 0 Å². The molecule has 0 radical (unpaired) electrons. The van der Waals surface area contributed by atoms with Gasteiger partial charge in [0.2, 0.25) is 0 Å². The second kappa shape index (κ2) is 10.7. The van der Waals surface area contributed by atoms with Crippen LogP contribution in [0.25, 0.3) is 0 Å². The fraction of sp³-hybridized carbons (Fsp3) is 0.625. The van der Waals surface area contributed by atoms with Gasteiger partial charge in [-0.2, -0.15) is 0 Å². The molecule has 1 aromatic rings. The standard InChI is InChI=1S/C16H27NO2/c1-3-4-11-17-12-6-5-7-13-19-16-10-8-9-15(14-16)18-2/h8-10,14,17H,3-7,11-13H2,1-2H3/p+1. The highest BCUT2D eigenvalue weighted by atomic mass is 16.5. The Morgan fingerprint density at radius 3 is 2.58 bits per heavy atom. The zero-order valence-corrected chi connectivity index (χ0v) is 12.4. The van der Waals surface area contributed by atoms with Crippen molar-refractivity contribution in [3.8, 4) is 11.5 Å². The molecule has 0 amide bonds. The van der Waals surface area contributed by atoms with E-state index < -0.39 is 0 Å². The summed E-state index contributed by atoms with van der Waals surface area (Å²) in [5.41, 5.74) is 0. The highest BCUT2D eigenvalue weighted by molar-refractivity contribution is 5.32. The Kier molecular flexibility index (Phi) is 8.90. The van der Waals surface area contributed by atoms with Crippen LogP contribution in [-0.2, 0) is 0 Å². The maximum absolute atomic E-state index is 5.70. The average Bonchev–Trinajstić information content (AvgIpc) is 2.46. The summed E-state index contributed by atoms with van der Waals surface area (Å²) in [6, 6.07) is 7.79. The van der Waals surface area contributed by atoms with E-state index in [1.54, 1.807) is 7.11 Å². The quantitative estimate of drug-likeness (QED) is 0.625. The lowest BCUT2D eigenvalue weighted by atomic mass is 10.2. The van der Waals surface area contributed by atoms with Gasteiger partial charge in [0.25, 0.3) is 0 Å². The molecule has 0 saturated carbocycles. The van der Waals surface area contributed by atoms with Crippen molar-refractivity contribution < 1.29 is 14.8 Å². The molecule has 1 aromatic carbocycles. The lowest BCUT2D eigenvalue weighted by molar-refractivity contribution is -0.655. The fourth-order valence-corrected chi connectivity index (χ4v) is 1.94. The second-order valence-electron chi connectivity index (χ2n) is 4.81. The third-order valence-corrected chi connectivity index (χ3v) is 3.12. The van der Waals surface area contributed by atoms with Gasteiger partial charge in [0, 0.05) is 6.07 Å². The molecule has 19 heavy (non-hydrogen) atoms. The van der Waals surface area contributed by atoms with E-state index in [-0.39, 0.29) is 0 Å². The predicted molar refractivity (Wildman–Crippen MR) is 78.9 cm³/mol. The summed E-state index contributed by atoms with van der Waals surface area (Å²) < 4.78 is 10.9. The van der Waals surface area contributed by atoms with Gasteiger partial charge >= 0.3 is 0 Å². The molecular formula is C16H28NO2+. The summed E-state index contributed by atoms with van der Waals surface area (Å²) in [5.74, 6) is 1.75. The van der Waals surface area contributed by atoms with Crippen molar-refractivity contribution in [1.29, 1.82) is 0 Å². The molecule has 0 fully saturated rings. The number of unbranched alkanes of at least 4 members (excludes halogenated alkanes) is 3. The van der Waals surface area contributed by atoms with Crippen molar-refractivity contribution >= 4 is 0 Å². The first-order valence-electron chi connectivity index (χ1n) is 7.45. The van der Waals surface area contributed by atoms with Gasteiger partial charge in [0.1, 0.15) is 11.5 Å². The molecule has 0 aliphatic rings. The van der Waals surface area contributed by atoms with Crippen LogP contribution in [0.5, 0.6) is 11.5 Å². The van der Waals surface area contributed by atoms with Gasteiger partial charge in [-0.25, -0.2) is 0 Å². The third kappa shape index (κ3) is 7.73. The Balaban J connectivity index is 1.98. The predicted octanol–water partition coefficient (Wildman–Crippen LogP) is 2.61. The molecule has 3 nitrogen and oxygen atoms in total. The van der Waals surface area contributed by atoms with Crippen LogP contribution in [0.2, 0.25) is 0 Å². The summed E-state index contributed by atoms with van der Waals surface area (Å²) in [5, 5.41) is 2.42. The van der Waals surface area contributed by atoms with E-state index in [0.717, 1.165) is 24.5 Å². The number of quaternary nitrogens is 1. The smallest absolute Gasteiger partial charge is 0.122 e. The van der Waals surface area contributed by atoms with Crippen LogP contribution in [0.3, 0.4) is 0 Å². The van der Waals surface area contributed by atoms with Gasteiger partial charge in [-0.15, -0.1) is 0 Å². The number of nitrogens with two attached hydrogens (primary N) is 1. The average molecular weight is 266 g/mol. The summed E-state index contributed by atoms with van der Waals surface area (Å²) in [6.07, 6.45) is 6.28. The number of rotatable bonds is 11. The molecule has 108 valence electrons.